The lowest BCUT2D eigenvalue weighted by molar-refractivity contribution is -0.130. The van der Waals surface area contributed by atoms with Gasteiger partial charge in [-0.25, -0.2) is 0 Å². The smallest absolute Gasteiger partial charge is 0.242 e. The van der Waals surface area contributed by atoms with Gasteiger partial charge in [0.15, 0.2) is 0 Å². The molecule has 7 nitrogen and oxygen atoms in total. The van der Waals surface area contributed by atoms with E-state index in [0.29, 0.717) is 6.29 Å². The zero-order chi connectivity index (χ0) is 12.7. The number of aldehydes is 1. The van der Waals surface area contributed by atoms with Gasteiger partial charge in [-0.3, -0.25) is 9.59 Å². The number of rotatable bonds is 6. The largest absolute Gasteiger partial charge is 0.345 e. The molecule has 92 valence electrons. The summed E-state index contributed by atoms with van der Waals surface area (Å²) < 4.78 is 0. The van der Waals surface area contributed by atoms with Crippen LogP contribution in [0, 0.1) is 0 Å². The molecule has 0 bridgehead atoms. The van der Waals surface area contributed by atoms with Gasteiger partial charge in [0.1, 0.15) is 12.3 Å². The fourth-order valence-corrected chi connectivity index (χ4v) is 0.876. The van der Waals surface area contributed by atoms with Gasteiger partial charge in [0.2, 0.25) is 11.8 Å². The van der Waals surface area contributed by atoms with Gasteiger partial charge in [0.25, 0.3) is 0 Å². The Hall–Kier alpha value is -1.47. The summed E-state index contributed by atoms with van der Waals surface area (Å²) in [6, 6.07) is -2.18. The Balaban J connectivity index is 4.15. The average Bonchev–Trinajstić information content (AvgIpc) is 2.27. The molecule has 7 heteroatoms. The maximum atomic E-state index is 11.4. The van der Waals surface area contributed by atoms with Crippen LogP contribution in [-0.2, 0) is 14.4 Å². The first kappa shape index (κ1) is 14.5. The van der Waals surface area contributed by atoms with Crippen LogP contribution in [0.1, 0.15) is 13.8 Å². The van der Waals surface area contributed by atoms with E-state index in [0.717, 1.165) is 0 Å². The second-order valence-electron chi connectivity index (χ2n) is 3.51. The summed E-state index contributed by atoms with van der Waals surface area (Å²) in [4.78, 5) is 33.0. The van der Waals surface area contributed by atoms with Crippen molar-refractivity contribution in [2.45, 2.75) is 32.0 Å². The second-order valence-corrected chi connectivity index (χ2v) is 3.51. The van der Waals surface area contributed by atoms with E-state index in [2.05, 4.69) is 10.6 Å². The van der Waals surface area contributed by atoms with Gasteiger partial charge in [-0.2, -0.15) is 0 Å². The minimum atomic E-state index is -0.834. The first-order chi connectivity index (χ1) is 7.42. The molecule has 0 aromatic rings. The van der Waals surface area contributed by atoms with Crippen LogP contribution in [-0.4, -0.2) is 42.8 Å². The average molecular weight is 230 g/mol. The lowest BCUT2D eigenvalue weighted by Crippen LogP contribution is -2.53. The molecule has 0 aromatic carbocycles. The normalized spacial score (nSPS) is 15.8. The minimum absolute atomic E-state index is 0.00487. The van der Waals surface area contributed by atoms with Crippen LogP contribution in [0.2, 0.25) is 0 Å². The summed E-state index contributed by atoms with van der Waals surface area (Å²) >= 11 is 0. The number of carbonyl (C=O) groups is 3. The van der Waals surface area contributed by atoms with Crippen molar-refractivity contribution < 1.29 is 14.4 Å². The number of nitrogens with one attached hydrogen (secondary N) is 2. The molecule has 1 unspecified atom stereocenters. The molecular formula is C9H18N4O3. The molecule has 0 aliphatic rings. The molecular weight excluding hydrogens is 212 g/mol. The predicted molar refractivity (Wildman–Crippen MR) is 58.3 cm³/mol. The Morgan fingerprint density at radius 2 is 1.81 bits per heavy atom. The third-order valence-corrected chi connectivity index (χ3v) is 1.92. The van der Waals surface area contributed by atoms with E-state index in [4.69, 9.17) is 11.5 Å². The summed E-state index contributed by atoms with van der Waals surface area (Å²) in [6.45, 7) is 3.03. The van der Waals surface area contributed by atoms with E-state index in [1.807, 2.05) is 0 Å². The fraction of sp³-hybridized carbons (Fsp3) is 0.667. The van der Waals surface area contributed by atoms with Crippen molar-refractivity contribution in [1.82, 2.24) is 10.6 Å². The summed E-state index contributed by atoms with van der Waals surface area (Å²) in [7, 11) is 0. The molecule has 0 radical (unpaired) electrons. The number of hydrogen-bond donors (Lipinski definition) is 4. The summed E-state index contributed by atoms with van der Waals surface area (Å²) in [5.74, 6) is -0.943. The molecule has 3 atom stereocenters. The van der Waals surface area contributed by atoms with Crippen molar-refractivity contribution >= 4 is 18.1 Å². The third-order valence-electron chi connectivity index (χ3n) is 1.92. The standard InChI is InChI=1S/C9H18N4O3/c1-5(4-14)12-8(15)6(2)13-9(16)7(11)3-10/h4-7H,3,10-11H2,1-2H3,(H,12,15)(H,13,16)/t5-,6-,7?/m0/s1. The molecule has 0 aromatic heterocycles. The molecule has 16 heavy (non-hydrogen) atoms. The molecule has 0 spiro atoms. The van der Waals surface area contributed by atoms with Crippen molar-refractivity contribution in [2.24, 2.45) is 11.5 Å². The van der Waals surface area contributed by atoms with Gasteiger partial charge >= 0.3 is 0 Å². The van der Waals surface area contributed by atoms with Crippen molar-refractivity contribution in [3.63, 3.8) is 0 Å². The van der Waals surface area contributed by atoms with E-state index in [1.54, 1.807) is 0 Å². The van der Waals surface area contributed by atoms with Crippen LogP contribution in [0.3, 0.4) is 0 Å². The van der Waals surface area contributed by atoms with Crippen LogP contribution in [0.5, 0.6) is 0 Å². The zero-order valence-electron chi connectivity index (χ0n) is 9.40. The van der Waals surface area contributed by atoms with Crippen molar-refractivity contribution in [2.75, 3.05) is 6.54 Å². The highest BCUT2D eigenvalue weighted by atomic mass is 16.2. The maximum Gasteiger partial charge on any atom is 0.242 e. The molecule has 0 saturated heterocycles. The minimum Gasteiger partial charge on any atom is -0.345 e. The van der Waals surface area contributed by atoms with Crippen LogP contribution in [0.15, 0.2) is 0 Å². The van der Waals surface area contributed by atoms with Crippen molar-refractivity contribution in [1.29, 1.82) is 0 Å². The molecule has 2 amide bonds. The van der Waals surface area contributed by atoms with E-state index in [-0.39, 0.29) is 6.54 Å². The van der Waals surface area contributed by atoms with Gasteiger partial charge in [-0.15, -0.1) is 0 Å². The zero-order valence-corrected chi connectivity index (χ0v) is 9.40. The number of nitrogens with two attached hydrogens (primary N) is 2. The number of carbonyl (C=O) groups excluding carboxylic acids is 3. The lowest BCUT2D eigenvalue weighted by atomic mass is 10.2. The second kappa shape index (κ2) is 6.91. The van der Waals surface area contributed by atoms with Gasteiger partial charge in [0.05, 0.1) is 12.1 Å². The molecule has 0 aliphatic carbocycles. The van der Waals surface area contributed by atoms with Gasteiger partial charge in [0, 0.05) is 6.54 Å². The number of amides is 2. The highest BCUT2D eigenvalue weighted by Gasteiger charge is 2.19. The summed E-state index contributed by atoms with van der Waals surface area (Å²) in [6.07, 6.45) is 0.595. The topological polar surface area (TPSA) is 127 Å². The fourth-order valence-electron chi connectivity index (χ4n) is 0.876. The molecule has 0 heterocycles. The van der Waals surface area contributed by atoms with Crippen LogP contribution >= 0.6 is 0 Å². The molecule has 0 rings (SSSR count). The Morgan fingerprint density at radius 3 is 2.25 bits per heavy atom. The first-order valence-electron chi connectivity index (χ1n) is 4.94. The predicted octanol–water partition coefficient (Wildman–Crippen LogP) is -2.52. The van der Waals surface area contributed by atoms with E-state index in [1.165, 1.54) is 13.8 Å². The molecule has 0 fully saturated rings. The van der Waals surface area contributed by atoms with E-state index in [9.17, 15) is 14.4 Å². The third kappa shape index (κ3) is 4.85. The van der Waals surface area contributed by atoms with E-state index < -0.39 is 29.9 Å². The first-order valence-corrected chi connectivity index (χ1v) is 4.94. The molecule has 0 saturated carbocycles. The summed E-state index contributed by atoms with van der Waals surface area (Å²) in [5, 5.41) is 4.79. The van der Waals surface area contributed by atoms with Crippen LogP contribution < -0.4 is 22.1 Å². The highest BCUT2D eigenvalue weighted by molar-refractivity contribution is 5.90. The van der Waals surface area contributed by atoms with Gasteiger partial charge in [-0.1, -0.05) is 0 Å². The Kier molecular flexibility index (Phi) is 6.28. The molecule has 6 N–H and O–H groups in total. The number of hydrogen-bond acceptors (Lipinski definition) is 5. The monoisotopic (exact) mass is 230 g/mol. The molecule has 0 aliphatic heterocycles. The SMILES string of the molecule is C[C@H](NC(=O)C(N)CN)C(=O)N[C@@H](C)C=O. The van der Waals surface area contributed by atoms with Crippen LogP contribution in [0.4, 0.5) is 0 Å². The summed E-state index contributed by atoms with van der Waals surface area (Å²) in [5.41, 5.74) is 10.6. The lowest BCUT2D eigenvalue weighted by Gasteiger charge is -2.17. The van der Waals surface area contributed by atoms with Gasteiger partial charge < -0.3 is 26.9 Å². The maximum absolute atomic E-state index is 11.4. The van der Waals surface area contributed by atoms with Gasteiger partial charge in [-0.05, 0) is 13.8 Å². The van der Waals surface area contributed by atoms with Crippen molar-refractivity contribution in [3.8, 4) is 0 Å². The van der Waals surface area contributed by atoms with Crippen molar-refractivity contribution in [3.05, 3.63) is 0 Å². The highest BCUT2D eigenvalue weighted by Crippen LogP contribution is 1.86. The Bertz CT molecular complexity index is 269. The van der Waals surface area contributed by atoms with Crippen LogP contribution in [0.25, 0.3) is 0 Å². The van der Waals surface area contributed by atoms with E-state index >= 15 is 0 Å². The quantitative estimate of drug-likeness (QED) is 0.374. The Morgan fingerprint density at radius 1 is 1.25 bits per heavy atom. The Labute approximate surface area is 93.9 Å².